The molecule has 0 bridgehead atoms. The van der Waals surface area contributed by atoms with Crippen molar-refractivity contribution < 1.29 is 9.32 Å². The first kappa shape index (κ1) is 12.6. The molecular formula is C12H12ClN3O2. The summed E-state index contributed by atoms with van der Waals surface area (Å²) in [5.74, 6) is 0.561. The van der Waals surface area contributed by atoms with Crippen LogP contribution in [0.15, 0.2) is 41.1 Å². The number of anilines is 1. The molecular weight excluding hydrogens is 254 g/mol. The third-order valence-electron chi connectivity index (χ3n) is 2.20. The number of amides is 1. The zero-order valence-electron chi connectivity index (χ0n) is 9.52. The van der Waals surface area contributed by atoms with E-state index in [0.29, 0.717) is 23.0 Å². The summed E-state index contributed by atoms with van der Waals surface area (Å²) in [6.45, 7) is 0.664. The molecule has 0 saturated carbocycles. The highest BCUT2D eigenvalue weighted by Gasteiger charge is 2.03. The number of hydrogen-bond donors (Lipinski definition) is 2. The van der Waals surface area contributed by atoms with E-state index >= 15 is 0 Å². The molecule has 1 aromatic carbocycles. The van der Waals surface area contributed by atoms with Crippen LogP contribution in [0.2, 0.25) is 5.02 Å². The molecule has 94 valence electrons. The van der Waals surface area contributed by atoms with Crippen LogP contribution in [0, 0.1) is 0 Å². The Bertz CT molecular complexity index is 497. The number of nitrogens with one attached hydrogen (secondary N) is 2. The van der Waals surface area contributed by atoms with Gasteiger partial charge in [0.05, 0.1) is 19.3 Å². The molecule has 0 spiro atoms. The van der Waals surface area contributed by atoms with Crippen molar-refractivity contribution in [3.8, 4) is 0 Å². The summed E-state index contributed by atoms with van der Waals surface area (Å²) in [4.78, 5) is 11.6. The number of benzene rings is 1. The van der Waals surface area contributed by atoms with Crippen molar-refractivity contribution in [2.75, 3.05) is 11.9 Å². The maximum atomic E-state index is 11.6. The van der Waals surface area contributed by atoms with Gasteiger partial charge in [-0.2, -0.15) is 0 Å². The maximum absolute atomic E-state index is 11.6. The first-order valence-corrected chi connectivity index (χ1v) is 5.77. The van der Waals surface area contributed by atoms with Crippen molar-refractivity contribution in [1.82, 2.24) is 10.5 Å². The third kappa shape index (κ3) is 3.87. The van der Waals surface area contributed by atoms with Gasteiger partial charge in [-0.1, -0.05) is 16.8 Å². The quantitative estimate of drug-likeness (QED) is 0.868. The molecule has 0 aliphatic heterocycles. The largest absolute Gasteiger partial charge is 0.360 e. The average Bonchev–Trinajstić information content (AvgIpc) is 2.85. The van der Waals surface area contributed by atoms with Gasteiger partial charge >= 0.3 is 0 Å². The zero-order chi connectivity index (χ0) is 12.8. The maximum Gasteiger partial charge on any atom is 0.238 e. The van der Waals surface area contributed by atoms with Crippen molar-refractivity contribution >= 4 is 23.2 Å². The molecule has 6 heteroatoms. The molecule has 0 aliphatic carbocycles. The summed E-state index contributed by atoms with van der Waals surface area (Å²) < 4.78 is 4.89. The second-order valence-electron chi connectivity index (χ2n) is 3.64. The van der Waals surface area contributed by atoms with E-state index in [1.807, 2.05) is 0 Å². The van der Waals surface area contributed by atoms with Gasteiger partial charge < -0.3 is 15.2 Å². The van der Waals surface area contributed by atoms with E-state index in [9.17, 15) is 4.79 Å². The Kier molecular flexibility index (Phi) is 4.33. The van der Waals surface area contributed by atoms with Gasteiger partial charge in [-0.15, -0.1) is 0 Å². The number of nitrogens with zero attached hydrogens (tertiary/aromatic N) is 1. The fourth-order valence-electron chi connectivity index (χ4n) is 1.37. The minimum atomic E-state index is -0.128. The van der Waals surface area contributed by atoms with E-state index in [-0.39, 0.29) is 12.5 Å². The SMILES string of the molecule is O=C(CNCc1ccno1)Nc1ccc(Cl)cc1. The zero-order valence-corrected chi connectivity index (χ0v) is 10.3. The van der Waals surface area contributed by atoms with Crippen LogP contribution >= 0.6 is 11.6 Å². The molecule has 0 aliphatic rings. The lowest BCUT2D eigenvalue weighted by molar-refractivity contribution is -0.115. The van der Waals surface area contributed by atoms with Crippen LogP contribution in [0.5, 0.6) is 0 Å². The van der Waals surface area contributed by atoms with Crippen LogP contribution in [0.4, 0.5) is 5.69 Å². The molecule has 2 N–H and O–H groups in total. The fraction of sp³-hybridized carbons (Fsp3) is 0.167. The molecule has 2 rings (SSSR count). The summed E-state index contributed by atoms with van der Waals surface area (Å²) in [7, 11) is 0. The van der Waals surface area contributed by atoms with Gasteiger partial charge in [-0.05, 0) is 24.3 Å². The lowest BCUT2D eigenvalue weighted by Gasteiger charge is -2.05. The van der Waals surface area contributed by atoms with E-state index in [0.717, 1.165) is 0 Å². The van der Waals surface area contributed by atoms with Crippen LogP contribution in [0.25, 0.3) is 0 Å². The second kappa shape index (κ2) is 6.18. The van der Waals surface area contributed by atoms with Gasteiger partial charge in [0, 0.05) is 16.8 Å². The van der Waals surface area contributed by atoms with Gasteiger partial charge in [-0.3, -0.25) is 4.79 Å². The summed E-state index contributed by atoms with van der Waals surface area (Å²) in [6.07, 6.45) is 1.56. The van der Waals surface area contributed by atoms with Crippen molar-refractivity contribution in [2.24, 2.45) is 0 Å². The Labute approximate surface area is 109 Å². The lowest BCUT2D eigenvalue weighted by Crippen LogP contribution is -2.27. The highest BCUT2D eigenvalue weighted by Crippen LogP contribution is 2.12. The van der Waals surface area contributed by atoms with Crippen molar-refractivity contribution in [3.63, 3.8) is 0 Å². The number of carbonyl (C=O) groups is 1. The number of carbonyl (C=O) groups excluding carboxylic acids is 1. The third-order valence-corrected chi connectivity index (χ3v) is 2.46. The minimum Gasteiger partial charge on any atom is -0.360 e. The Morgan fingerprint density at radius 2 is 2.06 bits per heavy atom. The first-order chi connectivity index (χ1) is 8.74. The van der Waals surface area contributed by atoms with Gasteiger partial charge in [0.15, 0.2) is 0 Å². The van der Waals surface area contributed by atoms with Gasteiger partial charge in [0.1, 0.15) is 5.76 Å². The molecule has 0 atom stereocenters. The summed E-state index contributed by atoms with van der Waals surface area (Å²) >= 11 is 5.75. The minimum absolute atomic E-state index is 0.128. The number of rotatable bonds is 5. The molecule has 1 amide bonds. The summed E-state index contributed by atoms with van der Waals surface area (Å²) in [6, 6.07) is 8.68. The molecule has 0 radical (unpaired) electrons. The van der Waals surface area contributed by atoms with E-state index in [1.54, 1.807) is 36.5 Å². The smallest absolute Gasteiger partial charge is 0.238 e. The lowest BCUT2D eigenvalue weighted by atomic mass is 10.3. The molecule has 2 aromatic rings. The highest BCUT2D eigenvalue weighted by atomic mass is 35.5. The van der Waals surface area contributed by atoms with E-state index in [4.69, 9.17) is 16.1 Å². The van der Waals surface area contributed by atoms with Crippen LogP contribution < -0.4 is 10.6 Å². The Hall–Kier alpha value is -1.85. The molecule has 5 nitrogen and oxygen atoms in total. The van der Waals surface area contributed by atoms with E-state index < -0.39 is 0 Å². The van der Waals surface area contributed by atoms with Crippen LogP contribution in [0.1, 0.15) is 5.76 Å². The Balaban J connectivity index is 1.73. The molecule has 0 fully saturated rings. The molecule has 1 heterocycles. The topological polar surface area (TPSA) is 67.2 Å². The van der Waals surface area contributed by atoms with Gasteiger partial charge in [-0.25, -0.2) is 0 Å². The fourth-order valence-corrected chi connectivity index (χ4v) is 1.50. The van der Waals surface area contributed by atoms with Crippen LogP contribution in [-0.2, 0) is 11.3 Å². The molecule has 18 heavy (non-hydrogen) atoms. The van der Waals surface area contributed by atoms with Crippen molar-refractivity contribution in [3.05, 3.63) is 47.3 Å². The van der Waals surface area contributed by atoms with Gasteiger partial charge in [0.2, 0.25) is 5.91 Å². The molecule has 1 aromatic heterocycles. The average molecular weight is 266 g/mol. The Morgan fingerprint density at radius 1 is 1.28 bits per heavy atom. The highest BCUT2D eigenvalue weighted by molar-refractivity contribution is 6.30. The monoisotopic (exact) mass is 265 g/mol. The second-order valence-corrected chi connectivity index (χ2v) is 4.07. The Morgan fingerprint density at radius 3 is 2.72 bits per heavy atom. The van der Waals surface area contributed by atoms with E-state index in [2.05, 4.69) is 15.8 Å². The van der Waals surface area contributed by atoms with Gasteiger partial charge in [0.25, 0.3) is 0 Å². The predicted molar refractivity (Wildman–Crippen MR) is 68.3 cm³/mol. The van der Waals surface area contributed by atoms with Crippen LogP contribution in [-0.4, -0.2) is 17.6 Å². The number of hydrogen-bond acceptors (Lipinski definition) is 4. The van der Waals surface area contributed by atoms with Crippen LogP contribution in [0.3, 0.4) is 0 Å². The van der Waals surface area contributed by atoms with Crippen molar-refractivity contribution in [2.45, 2.75) is 6.54 Å². The summed E-state index contributed by atoms with van der Waals surface area (Å²) in [5.41, 5.74) is 0.714. The molecule has 0 saturated heterocycles. The normalized spacial score (nSPS) is 10.3. The predicted octanol–water partition coefficient (Wildman–Crippen LogP) is 2.06. The van der Waals surface area contributed by atoms with E-state index in [1.165, 1.54) is 0 Å². The number of halogens is 1. The number of aromatic nitrogens is 1. The summed E-state index contributed by atoms with van der Waals surface area (Å²) in [5, 5.41) is 9.89. The standard InChI is InChI=1S/C12H12ClN3O2/c13-9-1-3-10(4-2-9)16-12(17)8-14-7-11-5-6-15-18-11/h1-6,14H,7-8H2,(H,16,17). The first-order valence-electron chi connectivity index (χ1n) is 5.40. The molecule has 0 unspecified atom stereocenters. The van der Waals surface area contributed by atoms with Crippen molar-refractivity contribution in [1.29, 1.82) is 0 Å².